The number of ether oxygens (including phenoxy) is 1. The number of methoxy groups -OCH3 is 1. The van der Waals surface area contributed by atoms with Crippen LogP contribution in [0.25, 0.3) is 0 Å². The molecule has 0 spiro atoms. The summed E-state index contributed by atoms with van der Waals surface area (Å²) in [5.74, 6) is 0. The van der Waals surface area contributed by atoms with E-state index in [4.69, 9.17) is 4.74 Å². The van der Waals surface area contributed by atoms with Gasteiger partial charge in [0.2, 0.25) is 0 Å². The van der Waals surface area contributed by atoms with Gasteiger partial charge < -0.3 is 15.0 Å². The lowest BCUT2D eigenvalue weighted by molar-refractivity contribution is 0.199. The van der Waals surface area contributed by atoms with Crippen LogP contribution in [-0.2, 0) is 11.3 Å². The molecule has 0 atom stereocenters. The van der Waals surface area contributed by atoms with Gasteiger partial charge in [-0.2, -0.15) is 0 Å². The van der Waals surface area contributed by atoms with Crippen molar-refractivity contribution in [1.82, 2.24) is 5.32 Å². The topological polar surface area (TPSA) is 24.5 Å². The first-order valence-corrected chi connectivity index (χ1v) is 8.33. The fourth-order valence-corrected chi connectivity index (χ4v) is 3.11. The lowest BCUT2D eigenvalue weighted by Crippen LogP contribution is -2.24. The molecule has 0 radical (unpaired) electrons. The van der Waals surface area contributed by atoms with Crippen LogP contribution in [0.1, 0.15) is 31.2 Å². The number of nitrogens with one attached hydrogen (secondary N) is 1. The van der Waals surface area contributed by atoms with E-state index in [2.05, 4.69) is 44.3 Å². The van der Waals surface area contributed by atoms with E-state index in [1.165, 1.54) is 54.5 Å². The highest BCUT2D eigenvalue weighted by molar-refractivity contribution is 9.10. The van der Waals surface area contributed by atoms with Crippen molar-refractivity contribution >= 4 is 21.6 Å². The summed E-state index contributed by atoms with van der Waals surface area (Å²) in [5.41, 5.74) is 2.65. The van der Waals surface area contributed by atoms with Crippen LogP contribution >= 0.6 is 15.9 Å². The summed E-state index contributed by atoms with van der Waals surface area (Å²) >= 11 is 3.70. The average Bonchev–Trinajstić information content (AvgIpc) is 2.74. The van der Waals surface area contributed by atoms with Gasteiger partial charge in [-0.3, -0.25) is 0 Å². The highest BCUT2D eigenvalue weighted by atomic mass is 79.9. The highest BCUT2D eigenvalue weighted by Crippen LogP contribution is 2.26. The summed E-state index contributed by atoms with van der Waals surface area (Å²) in [6, 6.07) is 6.74. The Hall–Kier alpha value is -0.580. The molecule has 0 unspecified atom stereocenters. The summed E-state index contributed by atoms with van der Waals surface area (Å²) < 4.78 is 6.24. The predicted octanol–water partition coefficient (Wildman–Crippen LogP) is 3.57. The van der Waals surface area contributed by atoms with Gasteiger partial charge in [0.05, 0.1) is 6.61 Å². The number of halogens is 1. The molecular weight excluding hydrogens is 316 g/mol. The summed E-state index contributed by atoms with van der Waals surface area (Å²) in [7, 11) is 1.73. The van der Waals surface area contributed by atoms with E-state index in [-0.39, 0.29) is 0 Å². The molecule has 0 saturated carbocycles. The Morgan fingerprint density at radius 3 is 2.60 bits per heavy atom. The van der Waals surface area contributed by atoms with Gasteiger partial charge in [0, 0.05) is 43.4 Å². The van der Waals surface area contributed by atoms with Gasteiger partial charge in [-0.15, -0.1) is 0 Å². The van der Waals surface area contributed by atoms with Crippen molar-refractivity contribution in [3.05, 3.63) is 28.2 Å². The minimum atomic E-state index is 0.753. The maximum absolute atomic E-state index is 5.04. The van der Waals surface area contributed by atoms with Gasteiger partial charge in [-0.25, -0.2) is 0 Å². The molecule has 1 aromatic rings. The zero-order valence-corrected chi connectivity index (χ0v) is 13.9. The van der Waals surface area contributed by atoms with E-state index in [1.54, 1.807) is 7.11 Å². The first-order valence-electron chi connectivity index (χ1n) is 7.54. The van der Waals surface area contributed by atoms with Crippen LogP contribution < -0.4 is 10.2 Å². The third-order valence-corrected chi connectivity index (χ3v) is 4.54. The van der Waals surface area contributed by atoms with Crippen LogP contribution in [0.5, 0.6) is 0 Å². The Morgan fingerprint density at radius 2 is 1.95 bits per heavy atom. The number of benzene rings is 1. The Kier molecular flexibility index (Phi) is 6.83. The maximum atomic E-state index is 5.04. The average molecular weight is 341 g/mol. The normalized spacial score (nSPS) is 16.2. The number of hydrogen-bond donors (Lipinski definition) is 1. The predicted molar refractivity (Wildman–Crippen MR) is 88.4 cm³/mol. The molecule has 1 aliphatic rings. The van der Waals surface area contributed by atoms with Crippen LogP contribution in [0.15, 0.2) is 22.7 Å². The van der Waals surface area contributed by atoms with E-state index in [0.717, 1.165) is 19.7 Å². The monoisotopic (exact) mass is 340 g/mol. The second kappa shape index (κ2) is 8.65. The minimum Gasteiger partial charge on any atom is -0.383 e. The maximum Gasteiger partial charge on any atom is 0.0587 e. The highest BCUT2D eigenvalue weighted by Gasteiger charge is 2.11. The second-order valence-electron chi connectivity index (χ2n) is 5.35. The molecular formula is C16H25BrN2O. The van der Waals surface area contributed by atoms with Crippen molar-refractivity contribution in [2.45, 2.75) is 32.2 Å². The zero-order valence-electron chi connectivity index (χ0n) is 12.3. The molecule has 112 valence electrons. The molecule has 1 aromatic carbocycles. The van der Waals surface area contributed by atoms with Crippen molar-refractivity contribution in [1.29, 1.82) is 0 Å². The van der Waals surface area contributed by atoms with Crippen LogP contribution in [0, 0.1) is 0 Å². The summed E-state index contributed by atoms with van der Waals surface area (Å²) in [6.45, 7) is 4.90. The van der Waals surface area contributed by atoms with Gasteiger partial charge in [-0.05, 0) is 30.5 Å². The number of rotatable bonds is 6. The van der Waals surface area contributed by atoms with Gasteiger partial charge in [0.1, 0.15) is 0 Å². The lowest BCUT2D eigenvalue weighted by atomic mass is 10.2. The van der Waals surface area contributed by atoms with E-state index in [0.29, 0.717) is 0 Å². The molecule has 20 heavy (non-hydrogen) atoms. The molecule has 4 heteroatoms. The Morgan fingerprint density at radius 1 is 1.20 bits per heavy atom. The molecule has 1 fully saturated rings. The zero-order chi connectivity index (χ0) is 14.2. The van der Waals surface area contributed by atoms with E-state index in [9.17, 15) is 0 Å². The Bertz CT molecular complexity index is 403. The van der Waals surface area contributed by atoms with Gasteiger partial charge in [-0.1, -0.05) is 34.8 Å². The third kappa shape index (κ3) is 4.76. The molecule has 1 heterocycles. The molecule has 2 rings (SSSR count). The van der Waals surface area contributed by atoms with E-state index < -0.39 is 0 Å². The van der Waals surface area contributed by atoms with Crippen molar-refractivity contribution in [3.8, 4) is 0 Å². The molecule has 0 aliphatic carbocycles. The fraction of sp³-hybridized carbons (Fsp3) is 0.625. The van der Waals surface area contributed by atoms with E-state index in [1.807, 2.05) is 0 Å². The smallest absolute Gasteiger partial charge is 0.0587 e. The molecule has 1 aliphatic heterocycles. The molecule has 3 nitrogen and oxygen atoms in total. The molecule has 0 bridgehead atoms. The molecule has 0 aromatic heterocycles. The fourth-order valence-electron chi connectivity index (χ4n) is 2.60. The minimum absolute atomic E-state index is 0.753. The first-order chi connectivity index (χ1) is 9.81. The van der Waals surface area contributed by atoms with Gasteiger partial charge >= 0.3 is 0 Å². The van der Waals surface area contributed by atoms with Crippen LogP contribution in [0.3, 0.4) is 0 Å². The summed E-state index contributed by atoms with van der Waals surface area (Å²) in [4.78, 5) is 2.51. The van der Waals surface area contributed by atoms with Crippen LogP contribution in [0.4, 0.5) is 5.69 Å². The van der Waals surface area contributed by atoms with Crippen molar-refractivity contribution in [2.24, 2.45) is 0 Å². The van der Waals surface area contributed by atoms with Gasteiger partial charge in [0.25, 0.3) is 0 Å². The lowest BCUT2D eigenvalue weighted by Gasteiger charge is -2.23. The van der Waals surface area contributed by atoms with Crippen molar-refractivity contribution in [2.75, 3.05) is 38.3 Å². The number of anilines is 1. The Labute approximate surface area is 130 Å². The van der Waals surface area contributed by atoms with Gasteiger partial charge in [0.15, 0.2) is 0 Å². The van der Waals surface area contributed by atoms with Crippen molar-refractivity contribution in [3.63, 3.8) is 0 Å². The van der Waals surface area contributed by atoms with Crippen LogP contribution in [-0.4, -0.2) is 33.4 Å². The first kappa shape index (κ1) is 15.8. The molecule has 0 amide bonds. The van der Waals surface area contributed by atoms with E-state index >= 15 is 0 Å². The second-order valence-corrected chi connectivity index (χ2v) is 6.20. The molecule has 1 saturated heterocycles. The summed E-state index contributed by atoms with van der Waals surface area (Å²) in [6.07, 6.45) is 5.38. The third-order valence-electron chi connectivity index (χ3n) is 3.81. The molecule has 1 N–H and O–H groups in total. The van der Waals surface area contributed by atoms with Crippen LogP contribution in [0.2, 0.25) is 0 Å². The standard InChI is InChI=1S/C16H25BrN2O/c1-20-11-8-18-13-14-6-7-15(12-16(14)17)19-9-4-2-3-5-10-19/h6-7,12,18H,2-5,8-11,13H2,1H3. The number of nitrogens with zero attached hydrogens (tertiary/aromatic N) is 1. The SMILES string of the molecule is COCCNCc1ccc(N2CCCCCC2)cc1Br. The Balaban J connectivity index is 1.94. The summed E-state index contributed by atoms with van der Waals surface area (Å²) in [5, 5.41) is 3.38. The van der Waals surface area contributed by atoms with Crippen molar-refractivity contribution < 1.29 is 4.74 Å². The largest absolute Gasteiger partial charge is 0.383 e. The quantitative estimate of drug-likeness (QED) is 0.801. The number of hydrogen-bond acceptors (Lipinski definition) is 3.